The van der Waals surface area contributed by atoms with Crippen molar-refractivity contribution in [3.63, 3.8) is 0 Å². The van der Waals surface area contributed by atoms with Gasteiger partial charge in [0.2, 0.25) is 0 Å². The van der Waals surface area contributed by atoms with E-state index in [1.54, 1.807) is 6.92 Å². The van der Waals surface area contributed by atoms with Crippen LogP contribution in [0, 0.1) is 6.92 Å². The zero-order valence-corrected chi connectivity index (χ0v) is 14.0. The quantitative estimate of drug-likeness (QED) is 0.640. The van der Waals surface area contributed by atoms with Crippen molar-refractivity contribution < 1.29 is 9.53 Å². The molecule has 0 bridgehead atoms. The molecule has 0 radical (unpaired) electrons. The number of Topliss-reactive ketones (excluding diaryl/α,β-unsaturated/α-hetero) is 1. The highest BCUT2D eigenvalue weighted by Gasteiger charge is 2.19. The number of ether oxygens (including phenoxy) is 1. The standard InChI is InChI=1S/C20H21NO2/c1-13(2)23-17-10-11-19-18(12-17)20(15(4)22)14(3)21(19)16-8-6-5-7-9-16/h5-13H,1-4H3. The normalized spacial score (nSPS) is 11.2. The summed E-state index contributed by atoms with van der Waals surface area (Å²) in [5.41, 5.74) is 3.80. The Morgan fingerprint density at radius 3 is 2.39 bits per heavy atom. The maximum atomic E-state index is 12.2. The number of hydrogen-bond acceptors (Lipinski definition) is 2. The molecule has 3 rings (SSSR count). The maximum Gasteiger partial charge on any atom is 0.162 e. The molecule has 3 aromatic rings. The summed E-state index contributed by atoms with van der Waals surface area (Å²) < 4.78 is 7.92. The van der Waals surface area contributed by atoms with Crippen LogP contribution in [0.4, 0.5) is 0 Å². The Kier molecular flexibility index (Phi) is 3.95. The molecule has 0 unspecified atom stereocenters. The van der Waals surface area contributed by atoms with Crippen LogP contribution in [0.5, 0.6) is 5.75 Å². The first-order valence-corrected chi connectivity index (χ1v) is 7.87. The number of rotatable bonds is 4. The Balaban J connectivity index is 2.30. The van der Waals surface area contributed by atoms with E-state index < -0.39 is 0 Å². The Labute approximate surface area is 136 Å². The lowest BCUT2D eigenvalue weighted by Gasteiger charge is -2.11. The predicted octanol–water partition coefficient (Wildman–Crippen LogP) is 4.93. The SMILES string of the molecule is CC(=O)c1c(C)n(-c2ccccc2)c2ccc(OC(C)C)cc12. The van der Waals surface area contributed by atoms with Gasteiger partial charge in [-0.1, -0.05) is 18.2 Å². The highest BCUT2D eigenvalue weighted by molar-refractivity contribution is 6.09. The molecule has 0 amide bonds. The van der Waals surface area contributed by atoms with Gasteiger partial charge in [0.15, 0.2) is 5.78 Å². The highest BCUT2D eigenvalue weighted by Crippen LogP contribution is 2.32. The van der Waals surface area contributed by atoms with Gasteiger partial charge in [0.25, 0.3) is 0 Å². The van der Waals surface area contributed by atoms with Gasteiger partial charge < -0.3 is 9.30 Å². The van der Waals surface area contributed by atoms with Gasteiger partial charge in [-0.2, -0.15) is 0 Å². The lowest BCUT2D eigenvalue weighted by Crippen LogP contribution is -2.05. The molecular weight excluding hydrogens is 286 g/mol. The summed E-state index contributed by atoms with van der Waals surface area (Å²) in [4.78, 5) is 12.2. The van der Waals surface area contributed by atoms with E-state index in [-0.39, 0.29) is 11.9 Å². The lowest BCUT2D eigenvalue weighted by molar-refractivity contribution is 0.101. The van der Waals surface area contributed by atoms with Gasteiger partial charge in [-0.15, -0.1) is 0 Å². The van der Waals surface area contributed by atoms with Crippen LogP contribution in [0.25, 0.3) is 16.6 Å². The molecule has 2 aromatic carbocycles. The van der Waals surface area contributed by atoms with E-state index >= 15 is 0 Å². The second kappa shape index (κ2) is 5.92. The minimum absolute atomic E-state index is 0.0730. The highest BCUT2D eigenvalue weighted by atomic mass is 16.5. The van der Waals surface area contributed by atoms with Gasteiger partial charge in [-0.3, -0.25) is 4.79 Å². The molecular formula is C20H21NO2. The fourth-order valence-electron chi connectivity index (χ4n) is 3.10. The predicted molar refractivity (Wildman–Crippen MR) is 93.8 cm³/mol. The van der Waals surface area contributed by atoms with Crippen molar-refractivity contribution in [3.05, 3.63) is 59.8 Å². The van der Waals surface area contributed by atoms with E-state index in [4.69, 9.17) is 4.74 Å². The molecule has 0 aliphatic heterocycles. The Hall–Kier alpha value is -2.55. The van der Waals surface area contributed by atoms with Gasteiger partial charge in [-0.25, -0.2) is 0 Å². The van der Waals surface area contributed by atoms with Crippen LogP contribution in [0.3, 0.4) is 0 Å². The molecule has 0 saturated heterocycles. The second-order valence-corrected chi connectivity index (χ2v) is 6.03. The number of ketones is 1. The minimum atomic E-state index is 0.0730. The van der Waals surface area contributed by atoms with Gasteiger partial charge in [0.05, 0.1) is 11.6 Å². The first kappa shape index (κ1) is 15.3. The first-order valence-electron chi connectivity index (χ1n) is 7.87. The number of carbonyl (C=O) groups is 1. The van der Waals surface area contributed by atoms with Crippen molar-refractivity contribution in [3.8, 4) is 11.4 Å². The molecule has 0 spiro atoms. The maximum absolute atomic E-state index is 12.2. The third-order valence-electron chi connectivity index (χ3n) is 3.91. The van der Waals surface area contributed by atoms with Gasteiger partial charge in [0.1, 0.15) is 5.75 Å². The summed E-state index contributed by atoms with van der Waals surface area (Å²) in [6, 6.07) is 16.1. The molecule has 3 nitrogen and oxygen atoms in total. The van der Waals surface area contributed by atoms with Crippen molar-refractivity contribution in [2.75, 3.05) is 0 Å². The number of fused-ring (bicyclic) bond motifs is 1. The second-order valence-electron chi connectivity index (χ2n) is 6.03. The van der Waals surface area contributed by atoms with E-state index in [0.29, 0.717) is 0 Å². The fraction of sp³-hybridized carbons (Fsp3) is 0.250. The van der Waals surface area contributed by atoms with E-state index in [1.807, 2.05) is 57.2 Å². The molecule has 23 heavy (non-hydrogen) atoms. The molecule has 118 valence electrons. The van der Waals surface area contributed by atoms with Gasteiger partial charge >= 0.3 is 0 Å². The number of para-hydroxylation sites is 1. The number of carbonyl (C=O) groups excluding carboxylic acids is 1. The topological polar surface area (TPSA) is 31.2 Å². The lowest BCUT2D eigenvalue weighted by atomic mass is 10.1. The zero-order chi connectivity index (χ0) is 16.6. The van der Waals surface area contributed by atoms with E-state index in [9.17, 15) is 4.79 Å². The summed E-state index contributed by atoms with van der Waals surface area (Å²) >= 11 is 0. The monoisotopic (exact) mass is 307 g/mol. The molecule has 1 aromatic heterocycles. The van der Waals surface area contributed by atoms with Crippen LogP contribution in [0.15, 0.2) is 48.5 Å². The Morgan fingerprint density at radius 2 is 1.78 bits per heavy atom. The number of nitrogens with zero attached hydrogens (tertiary/aromatic N) is 1. The molecule has 0 aliphatic rings. The summed E-state index contributed by atoms with van der Waals surface area (Å²) in [6.45, 7) is 7.60. The van der Waals surface area contributed by atoms with Gasteiger partial charge in [-0.05, 0) is 58.0 Å². The first-order chi connectivity index (χ1) is 11.0. The average Bonchev–Trinajstić information content (AvgIpc) is 2.78. The van der Waals surface area contributed by atoms with E-state index in [2.05, 4.69) is 16.7 Å². The summed E-state index contributed by atoms with van der Waals surface area (Å²) in [7, 11) is 0. The van der Waals surface area contributed by atoms with Crippen LogP contribution < -0.4 is 4.74 Å². The van der Waals surface area contributed by atoms with Crippen LogP contribution >= 0.6 is 0 Å². The smallest absolute Gasteiger partial charge is 0.162 e. The third kappa shape index (κ3) is 2.74. The summed E-state index contributed by atoms with van der Waals surface area (Å²) in [6.07, 6.45) is 0.102. The fourth-order valence-corrected chi connectivity index (χ4v) is 3.10. The molecule has 3 heteroatoms. The largest absolute Gasteiger partial charge is 0.491 e. The summed E-state index contributed by atoms with van der Waals surface area (Å²) in [5, 5.41) is 0.942. The van der Waals surface area contributed by atoms with Crippen molar-refractivity contribution in [2.24, 2.45) is 0 Å². The van der Waals surface area contributed by atoms with E-state index in [0.717, 1.165) is 33.6 Å². The number of hydrogen-bond donors (Lipinski definition) is 0. The van der Waals surface area contributed by atoms with Crippen molar-refractivity contribution >= 4 is 16.7 Å². The van der Waals surface area contributed by atoms with Crippen molar-refractivity contribution in [2.45, 2.75) is 33.8 Å². The van der Waals surface area contributed by atoms with E-state index in [1.165, 1.54) is 0 Å². The number of benzene rings is 2. The number of aromatic nitrogens is 1. The zero-order valence-electron chi connectivity index (χ0n) is 14.0. The Bertz CT molecular complexity index is 860. The van der Waals surface area contributed by atoms with Crippen LogP contribution in [-0.4, -0.2) is 16.5 Å². The molecule has 0 fully saturated rings. The van der Waals surface area contributed by atoms with Crippen molar-refractivity contribution in [1.29, 1.82) is 0 Å². The summed E-state index contributed by atoms with van der Waals surface area (Å²) in [5.74, 6) is 0.865. The molecule has 1 heterocycles. The van der Waals surface area contributed by atoms with Crippen LogP contribution in [0.2, 0.25) is 0 Å². The molecule has 0 saturated carbocycles. The van der Waals surface area contributed by atoms with Crippen LogP contribution in [0.1, 0.15) is 36.8 Å². The van der Waals surface area contributed by atoms with Gasteiger partial charge in [0, 0.05) is 22.3 Å². The third-order valence-corrected chi connectivity index (χ3v) is 3.91. The average molecular weight is 307 g/mol. The van der Waals surface area contributed by atoms with Crippen molar-refractivity contribution in [1.82, 2.24) is 4.57 Å². The van der Waals surface area contributed by atoms with Crippen LogP contribution in [-0.2, 0) is 0 Å². The molecule has 0 aliphatic carbocycles. The molecule has 0 atom stereocenters. The molecule has 0 N–H and O–H groups in total. The minimum Gasteiger partial charge on any atom is -0.491 e. The Morgan fingerprint density at radius 1 is 1.09 bits per heavy atom.